The zero-order chi connectivity index (χ0) is 15.9. The molecule has 0 aromatic heterocycles. The van der Waals surface area contributed by atoms with Gasteiger partial charge in [0.15, 0.2) is 0 Å². The first-order valence-electron chi connectivity index (χ1n) is 7.76. The van der Waals surface area contributed by atoms with Gasteiger partial charge in [0, 0.05) is 12.1 Å². The van der Waals surface area contributed by atoms with Crippen molar-refractivity contribution >= 4 is 5.91 Å². The standard InChI is InChI=1S/C19H24N2O/c1-14(2)10-11-21-13-15-6-8-16(9-7-15)17-4-3-5-18(12-17)19(20)22/h3-9,12,14,21H,10-11,13H2,1-2H3,(H2,20,22). The van der Waals surface area contributed by atoms with Crippen LogP contribution in [0.1, 0.15) is 36.2 Å². The number of primary amides is 1. The highest BCUT2D eigenvalue weighted by Gasteiger charge is 2.03. The molecule has 0 aliphatic carbocycles. The number of nitrogens with one attached hydrogen (secondary N) is 1. The largest absolute Gasteiger partial charge is 0.366 e. The minimum atomic E-state index is -0.396. The Morgan fingerprint density at radius 3 is 2.45 bits per heavy atom. The first kappa shape index (κ1) is 16.2. The highest BCUT2D eigenvalue weighted by molar-refractivity contribution is 5.94. The molecule has 0 spiro atoms. The van der Waals surface area contributed by atoms with Gasteiger partial charge in [0.1, 0.15) is 0 Å². The summed E-state index contributed by atoms with van der Waals surface area (Å²) < 4.78 is 0. The van der Waals surface area contributed by atoms with E-state index in [9.17, 15) is 4.79 Å². The van der Waals surface area contributed by atoms with Gasteiger partial charge in [-0.05, 0) is 47.7 Å². The van der Waals surface area contributed by atoms with E-state index in [1.54, 1.807) is 6.07 Å². The average Bonchev–Trinajstić information content (AvgIpc) is 2.52. The molecule has 116 valence electrons. The molecule has 2 aromatic rings. The second-order valence-electron chi connectivity index (χ2n) is 6.00. The number of carbonyl (C=O) groups is 1. The molecular formula is C19H24N2O. The van der Waals surface area contributed by atoms with Gasteiger partial charge in [-0.1, -0.05) is 50.2 Å². The summed E-state index contributed by atoms with van der Waals surface area (Å²) in [5.41, 5.74) is 9.23. The van der Waals surface area contributed by atoms with Crippen molar-refractivity contribution in [2.75, 3.05) is 6.54 Å². The monoisotopic (exact) mass is 296 g/mol. The van der Waals surface area contributed by atoms with E-state index in [2.05, 4.69) is 43.4 Å². The van der Waals surface area contributed by atoms with Crippen molar-refractivity contribution in [3.63, 3.8) is 0 Å². The highest BCUT2D eigenvalue weighted by atomic mass is 16.1. The van der Waals surface area contributed by atoms with Crippen LogP contribution in [0.15, 0.2) is 48.5 Å². The smallest absolute Gasteiger partial charge is 0.248 e. The number of amides is 1. The molecule has 0 atom stereocenters. The molecule has 2 rings (SSSR count). The normalized spacial score (nSPS) is 10.9. The van der Waals surface area contributed by atoms with Crippen molar-refractivity contribution in [2.45, 2.75) is 26.8 Å². The van der Waals surface area contributed by atoms with Gasteiger partial charge in [0.25, 0.3) is 0 Å². The first-order chi connectivity index (χ1) is 10.6. The molecule has 0 aliphatic heterocycles. The Kier molecular flexibility index (Phi) is 5.73. The lowest BCUT2D eigenvalue weighted by Gasteiger charge is -2.08. The average molecular weight is 296 g/mol. The number of hydrogen-bond donors (Lipinski definition) is 2. The van der Waals surface area contributed by atoms with Crippen molar-refractivity contribution < 1.29 is 4.79 Å². The number of hydrogen-bond acceptors (Lipinski definition) is 2. The van der Waals surface area contributed by atoms with Crippen LogP contribution >= 0.6 is 0 Å². The fourth-order valence-electron chi connectivity index (χ4n) is 2.29. The molecule has 0 saturated carbocycles. The molecule has 0 heterocycles. The summed E-state index contributed by atoms with van der Waals surface area (Å²) in [6, 6.07) is 15.8. The van der Waals surface area contributed by atoms with E-state index >= 15 is 0 Å². The van der Waals surface area contributed by atoms with E-state index < -0.39 is 5.91 Å². The predicted molar refractivity (Wildman–Crippen MR) is 91.6 cm³/mol. The van der Waals surface area contributed by atoms with Crippen molar-refractivity contribution in [1.82, 2.24) is 5.32 Å². The van der Waals surface area contributed by atoms with Gasteiger partial charge in [-0.25, -0.2) is 0 Å². The Bertz CT molecular complexity index is 618. The van der Waals surface area contributed by atoms with Gasteiger partial charge in [-0.15, -0.1) is 0 Å². The van der Waals surface area contributed by atoms with Gasteiger partial charge in [-0.3, -0.25) is 4.79 Å². The quantitative estimate of drug-likeness (QED) is 0.767. The van der Waals surface area contributed by atoms with E-state index in [-0.39, 0.29) is 0 Å². The SMILES string of the molecule is CC(C)CCNCc1ccc(-c2cccc(C(N)=O)c2)cc1. The lowest BCUT2D eigenvalue weighted by molar-refractivity contribution is 0.100. The Labute approximate surface area is 132 Å². The molecule has 1 amide bonds. The summed E-state index contributed by atoms with van der Waals surface area (Å²) in [7, 11) is 0. The molecule has 0 bridgehead atoms. The summed E-state index contributed by atoms with van der Waals surface area (Å²) in [4.78, 5) is 11.2. The van der Waals surface area contributed by atoms with Crippen molar-refractivity contribution in [3.05, 3.63) is 59.7 Å². The molecule has 3 nitrogen and oxygen atoms in total. The molecule has 22 heavy (non-hydrogen) atoms. The maximum absolute atomic E-state index is 11.2. The highest BCUT2D eigenvalue weighted by Crippen LogP contribution is 2.21. The van der Waals surface area contributed by atoms with E-state index in [1.807, 2.05) is 18.2 Å². The Morgan fingerprint density at radius 2 is 1.82 bits per heavy atom. The Balaban J connectivity index is 1.99. The van der Waals surface area contributed by atoms with Gasteiger partial charge >= 0.3 is 0 Å². The minimum absolute atomic E-state index is 0.396. The summed E-state index contributed by atoms with van der Waals surface area (Å²) in [6.45, 7) is 6.39. The maximum atomic E-state index is 11.2. The fourth-order valence-corrected chi connectivity index (χ4v) is 2.29. The topological polar surface area (TPSA) is 55.1 Å². The van der Waals surface area contributed by atoms with E-state index in [4.69, 9.17) is 5.73 Å². The van der Waals surface area contributed by atoms with E-state index in [0.717, 1.165) is 30.1 Å². The van der Waals surface area contributed by atoms with Crippen LogP contribution in [-0.4, -0.2) is 12.5 Å². The van der Waals surface area contributed by atoms with Crippen molar-refractivity contribution in [2.24, 2.45) is 11.7 Å². The lowest BCUT2D eigenvalue weighted by atomic mass is 10.0. The number of benzene rings is 2. The van der Waals surface area contributed by atoms with E-state index in [1.165, 1.54) is 12.0 Å². The molecule has 3 heteroatoms. The second-order valence-corrected chi connectivity index (χ2v) is 6.00. The second kappa shape index (κ2) is 7.76. The molecular weight excluding hydrogens is 272 g/mol. The van der Waals surface area contributed by atoms with Crippen LogP contribution in [0.4, 0.5) is 0 Å². The molecule has 0 unspecified atom stereocenters. The van der Waals surface area contributed by atoms with Crippen LogP contribution in [-0.2, 0) is 6.54 Å². The van der Waals surface area contributed by atoms with Crippen molar-refractivity contribution in [1.29, 1.82) is 0 Å². The zero-order valence-corrected chi connectivity index (χ0v) is 13.3. The zero-order valence-electron chi connectivity index (χ0n) is 13.3. The summed E-state index contributed by atoms with van der Waals surface area (Å²) in [5.74, 6) is 0.334. The first-order valence-corrected chi connectivity index (χ1v) is 7.76. The minimum Gasteiger partial charge on any atom is -0.366 e. The van der Waals surface area contributed by atoms with Crippen LogP contribution < -0.4 is 11.1 Å². The Morgan fingerprint density at radius 1 is 1.09 bits per heavy atom. The predicted octanol–water partition coefficient (Wildman–Crippen LogP) is 3.59. The number of nitrogens with two attached hydrogens (primary N) is 1. The fraction of sp³-hybridized carbons (Fsp3) is 0.316. The van der Waals surface area contributed by atoms with Crippen LogP contribution in [0.5, 0.6) is 0 Å². The van der Waals surface area contributed by atoms with Gasteiger partial charge in [-0.2, -0.15) is 0 Å². The van der Waals surface area contributed by atoms with Gasteiger partial charge in [0.2, 0.25) is 5.91 Å². The van der Waals surface area contributed by atoms with Gasteiger partial charge in [0.05, 0.1) is 0 Å². The van der Waals surface area contributed by atoms with Gasteiger partial charge < -0.3 is 11.1 Å². The summed E-state index contributed by atoms with van der Waals surface area (Å²) >= 11 is 0. The van der Waals surface area contributed by atoms with Crippen LogP contribution in [0.2, 0.25) is 0 Å². The maximum Gasteiger partial charge on any atom is 0.248 e. The lowest BCUT2D eigenvalue weighted by Crippen LogP contribution is -2.16. The van der Waals surface area contributed by atoms with Crippen LogP contribution in [0, 0.1) is 5.92 Å². The van der Waals surface area contributed by atoms with Crippen LogP contribution in [0.3, 0.4) is 0 Å². The third-order valence-corrected chi connectivity index (χ3v) is 3.66. The molecule has 0 saturated heterocycles. The number of carbonyl (C=O) groups excluding carboxylic acids is 1. The molecule has 0 aliphatic rings. The molecule has 0 radical (unpaired) electrons. The third-order valence-electron chi connectivity index (χ3n) is 3.66. The van der Waals surface area contributed by atoms with E-state index in [0.29, 0.717) is 5.56 Å². The van der Waals surface area contributed by atoms with Crippen molar-refractivity contribution in [3.8, 4) is 11.1 Å². The summed E-state index contributed by atoms with van der Waals surface area (Å²) in [6.07, 6.45) is 1.19. The number of rotatable bonds is 7. The molecule has 2 aromatic carbocycles. The third kappa shape index (κ3) is 4.71. The Hall–Kier alpha value is -2.13. The summed E-state index contributed by atoms with van der Waals surface area (Å²) in [5, 5.41) is 3.46. The molecule has 0 fully saturated rings. The molecule has 3 N–H and O–H groups in total. The van der Waals surface area contributed by atoms with Crippen LogP contribution in [0.25, 0.3) is 11.1 Å².